The normalized spacial score (nSPS) is 19.3. The van der Waals surface area contributed by atoms with Gasteiger partial charge in [0.2, 0.25) is 0 Å². The number of nitriles is 1. The first-order valence-electron chi connectivity index (χ1n) is 18.1. The van der Waals surface area contributed by atoms with E-state index in [9.17, 15) is 14.9 Å². The number of aromatic nitrogens is 2. The average Bonchev–Trinajstić information content (AvgIpc) is 3.47. The number of rotatable bonds is 17. The zero-order valence-corrected chi connectivity index (χ0v) is 32.8. The molecule has 1 fully saturated rings. The van der Waals surface area contributed by atoms with Gasteiger partial charge in [-0.15, -0.1) is 0 Å². The van der Waals surface area contributed by atoms with E-state index in [1.54, 1.807) is 21.1 Å². The number of benzene rings is 3. The monoisotopic (exact) mass is 760 g/mol. The van der Waals surface area contributed by atoms with Crippen molar-refractivity contribution in [3.05, 3.63) is 128 Å². The van der Waals surface area contributed by atoms with Gasteiger partial charge in [-0.25, -0.2) is 13.9 Å². The van der Waals surface area contributed by atoms with Gasteiger partial charge in [0, 0.05) is 29.8 Å². The Balaban J connectivity index is 1.64. The van der Waals surface area contributed by atoms with Crippen molar-refractivity contribution in [3.8, 4) is 17.6 Å². The van der Waals surface area contributed by atoms with Crippen LogP contribution in [0.1, 0.15) is 68.8 Å². The molecule has 5 atom stereocenters. The molecule has 4 aromatic rings. The Morgan fingerprint density at radius 3 is 2.00 bits per heavy atom. The van der Waals surface area contributed by atoms with E-state index in [1.807, 2.05) is 107 Å². The second kappa shape index (κ2) is 18.3. The third kappa shape index (κ3) is 8.78. The van der Waals surface area contributed by atoms with Crippen LogP contribution in [0.3, 0.4) is 0 Å². The van der Waals surface area contributed by atoms with Gasteiger partial charge in [0.25, 0.3) is 14.1 Å². The lowest BCUT2D eigenvalue weighted by Crippen LogP contribution is -2.39. The predicted octanol–water partition coefficient (Wildman–Crippen LogP) is 7.43. The summed E-state index contributed by atoms with van der Waals surface area (Å²) in [4.78, 5) is 27.8. The number of methoxy groups -OCH3 is 2. The van der Waals surface area contributed by atoms with Gasteiger partial charge >= 0.3 is 5.69 Å². The van der Waals surface area contributed by atoms with Crippen molar-refractivity contribution in [3.63, 3.8) is 0 Å². The fourth-order valence-corrected chi connectivity index (χ4v) is 8.94. The molecule has 0 aliphatic heterocycles. The van der Waals surface area contributed by atoms with Gasteiger partial charge in [-0.05, 0) is 82.0 Å². The molecule has 1 heterocycles. The van der Waals surface area contributed by atoms with Crippen molar-refractivity contribution in [2.24, 2.45) is 5.92 Å². The lowest BCUT2D eigenvalue weighted by molar-refractivity contribution is -0.0416. The van der Waals surface area contributed by atoms with Gasteiger partial charge in [0.05, 0.1) is 52.1 Å². The summed E-state index contributed by atoms with van der Waals surface area (Å²) >= 11 is 0. The van der Waals surface area contributed by atoms with Crippen LogP contribution >= 0.6 is 8.53 Å². The number of ether oxygens (including phenoxy) is 3. The molecule has 0 radical (unpaired) electrons. The van der Waals surface area contributed by atoms with Crippen molar-refractivity contribution in [2.45, 2.75) is 83.5 Å². The van der Waals surface area contributed by atoms with E-state index >= 15 is 4.39 Å². The first-order valence-corrected chi connectivity index (χ1v) is 19.3. The maximum absolute atomic E-state index is 17.3. The van der Waals surface area contributed by atoms with E-state index in [4.69, 9.17) is 23.3 Å². The lowest BCUT2D eigenvalue weighted by atomic mass is 9.79. The molecule has 1 aromatic heterocycles. The smallest absolute Gasteiger partial charge is 0.328 e. The Kier molecular flexibility index (Phi) is 13.8. The predicted molar refractivity (Wildman–Crippen MR) is 206 cm³/mol. The number of hydrogen-bond acceptors (Lipinski definition) is 9. The molecule has 0 spiro atoms. The molecule has 1 N–H and O–H groups in total. The molecule has 1 aliphatic carbocycles. The number of alkyl halides is 1. The highest BCUT2D eigenvalue weighted by Crippen LogP contribution is 2.53. The third-order valence-electron chi connectivity index (χ3n) is 9.78. The molecular weight excluding hydrogens is 710 g/mol. The number of hydrogen-bond donors (Lipinski definition) is 1. The number of aryl methyl sites for hydroxylation is 1. The van der Waals surface area contributed by atoms with Crippen LogP contribution in [0.4, 0.5) is 4.39 Å². The molecule has 11 nitrogen and oxygen atoms in total. The molecule has 3 aromatic carbocycles. The fourth-order valence-electron chi connectivity index (χ4n) is 7.16. The number of halogens is 1. The maximum atomic E-state index is 17.3. The Morgan fingerprint density at radius 1 is 0.926 bits per heavy atom. The molecule has 288 valence electrons. The van der Waals surface area contributed by atoms with Crippen LogP contribution in [0.2, 0.25) is 0 Å². The van der Waals surface area contributed by atoms with Crippen LogP contribution in [0.15, 0.2) is 94.6 Å². The summed E-state index contributed by atoms with van der Waals surface area (Å²) in [5.74, 6) is 0.440. The minimum Gasteiger partial charge on any atom is -0.497 e. The molecule has 1 unspecified atom stereocenters. The van der Waals surface area contributed by atoms with E-state index < -0.39 is 49.6 Å². The molecule has 54 heavy (non-hydrogen) atoms. The summed E-state index contributed by atoms with van der Waals surface area (Å²) in [5.41, 5.74) is 0.195. The summed E-state index contributed by atoms with van der Waals surface area (Å²) in [6.45, 7) is 9.71. The Bertz CT molecular complexity index is 1910. The van der Waals surface area contributed by atoms with Crippen molar-refractivity contribution < 1.29 is 27.6 Å². The quantitative estimate of drug-likeness (QED) is 0.0664. The van der Waals surface area contributed by atoms with Crippen LogP contribution in [-0.4, -0.2) is 66.0 Å². The van der Waals surface area contributed by atoms with Crippen LogP contribution < -0.4 is 20.7 Å². The van der Waals surface area contributed by atoms with E-state index in [0.29, 0.717) is 11.5 Å². The zero-order chi connectivity index (χ0) is 39.0. The Hall–Kier alpha value is -4.37. The highest BCUT2D eigenvalue weighted by atomic mass is 31.2. The minimum absolute atomic E-state index is 0.00612. The van der Waals surface area contributed by atoms with Gasteiger partial charge in [-0.2, -0.15) is 5.26 Å². The Morgan fingerprint density at radius 2 is 1.48 bits per heavy atom. The third-order valence-corrected chi connectivity index (χ3v) is 11.9. The second-order valence-electron chi connectivity index (χ2n) is 13.9. The molecule has 5 rings (SSSR count). The molecule has 0 saturated heterocycles. The topological polar surface area (TPSA) is 128 Å². The van der Waals surface area contributed by atoms with Crippen molar-refractivity contribution in [2.75, 3.05) is 27.4 Å². The van der Waals surface area contributed by atoms with E-state index in [2.05, 4.69) is 15.7 Å². The van der Waals surface area contributed by atoms with E-state index in [-0.39, 0.29) is 43.7 Å². The number of aromatic amines is 1. The lowest BCUT2D eigenvalue weighted by Gasteiger charge is -2.39. The summed E-state index contributed by atoms with van der Waals surface area (Å²) in [5, 5.41) is 9.30. The number of nitrogens with one attached hydrogen (secondary N) is 1. The minimum atomic E-state index is -1.77. The van der Waals surface area contributed by atoms with Gasteiger partial charge in [-0.3, -0.25) is 14.3 Å². The number of H-pyrrole nitrogens is 1. The summed E-state index contributed by atoms with van der Waals surface area (Å²) in [6, 6.07) is 26.1. The first-order chi connectivity index (χ1) is 25.9. The zero-order valence-electron chi connectivity index (χ0n) is 31.9. The molecule has 0 bridgehead atoms. The molecule has 13 heteroatoms. The van der Waals surface area contributed by atoms with Crippen LogP contribution in [0.5, 0.6) is 11.5 Å². The SMILES string of the molecule is COc1ccc(C(OC[C@H]2[C@H](F)[C@@H](n3cc(C)c(=O)[nH]c3=O)C[C@@H]2OP(OCCC#N)N(C(C)C)C(C)C)(c2ccccc2)c2ccc(OC)cc2)cc1. The average molecular weight is 761 g/mol. The van der Waals surface area contributed by atoms with Crippen LogP contribution in [0.25, 0.3) is 0 Å². The van der Waals surface area contributed by atoms with Gasteiger partial charge in [-0.1, -0.05) is 54.6 Å². The van der Waals surface area contributed by atoms with Crippen LogP contribution in [-0.2, 0) is 19.4 Å². The van der Waals surface area contributed by atoms with Crippen molar-refractivity contribution in [1.29, 1.82) is 5.26 Å². The van der Waals surface area contributed by atoms with Crippen LogP contribution in [0, 0.1) is 24.2 Å². The molecule has 1 saturated carbocycles. The molecule has 0 amide bonds. The molecular formula is C41H50FN4O7P. The van der Waals surface area contributed by atoms with Gasteiger partial charge in [0.1, 0.15) is 23.3 Å². The summed E-state index contributed by atoms with van der Waals surface area (Å²) < 4.78 is 51.9. The highest BCUT2D eigenvalue weighted by Gasteiger charge is 2.50. The van der Waals surface area contributed by atoms with Crippen molar-refractivity contribution in [1.82, 2.24) is 14.2 Å². The van der Waals surface area contributed by atoms with Gasteiger partial charge in [0.15, 0.2) is 0 Å². The number of nitrogens with zero attached hydrogens (tertiary/aromatic N) is 3. The fraction of sp³-hybridized carbons (Fsp3) is 0.439. The second-order valence-corrected chi connectivity index (χ2v) is 15.3. The molecule has 1 aliphatic rings. The standard InChI is InChI=1S/C41H50FN4O7P/c1-27(2)46(28(3)4)54(52-23-11-22-43)53-37-24-36(45-25-29(5)39(47)44-40(45)48)38(42)35(37)26-51-41(30-12-9-8-10-13-30,31-14-18-33(49-6)19-15-31)32-16-20-34(50-7)21-17-32/h8-10,12-21,25,27-28,35-38H,11,23-24,26H2,1-7H3,(H,44,47,48)/t35-,36+,37+,38+,54?/m1/s1. The van der Waals surface area contributed by atoms with E-state index in [1.165, 1.54) is 10.8 Å². The largest absolute Gasteiger partial charge is 0.497 e. The highest BCUT2D eigenvalue weighted by molar-refractivity contribution is 7.44. The maximum Gasteiger partial charge on any atom is 0.328 e. The van der Waals surface area contributed by atoms with E-state index in [0.717, 1.165) is 16.7 Å². The Labute approximate surface area is 317 Å². The first kappa shape index (κ1) is 40.8. The van der Waals surface area contributed by atoms with Crippen molar-refractivity contribution >= 4 is 8.53 Å². The van der Waals surface area contributed by atoms with Gasteiger partial charge < -0.3 is 23.3 Å². The summed E-state index contributed by atoms with van der Waals surface area (Å²) in [7, 11) is 1.43. The summed E-state index contributed by atoms with van der Waals surface area (Å²) in [6.07, 6.45) is -0.734.